The molecule has 172 valence electrons. The number of anilines is 1. The number of rotatable bonds is 6. The number of halogens is 5. The molecule has 0 saturated heterocycles. The maximum atomic E-state index is 12.9. The van der Waals surface area contributed by atoms with Gasteiger partial charge in [-0.15, -0.1) is 5.10 Å². The van der Waals surface area contributed by atoms with E-state index in [0.29, 0.717) is 17.0 Å². The van der Waals surface area contributed by atoms with E-state index in [2.05, 4.69) is 20.4 Å². The van der Waals surface area contributed by atoms with Crippen LogP contribution in [0.2, 0.25) is 0 Å². The number of benzene rings is 1. The Hall–Kier alpha value is -3.16. The van der Waals surface area contributed by atoms with Gasteiger partial charge < -0.3 is 5.32 Å². The first-order valence-electron chi connectivity index (χ1n) is 9.03. The van der Waals surface area contributed by atoms with Gasteiger partial charge in [-0.3, -0.25) is 4.79 Å². The standard InChI is InChI=1S/C18H16F5N5O3S/c1-9-11(10(2)28-17(24-9)26-15(27-28)18(21,22)23)7-8-14(29)25-12-5-3-4-6-13(12)32(30,31)16(19)20/h3-6,16H,7-8H2,1-2H3,(H,25,29). The molecule has 3 aromatic rings. The molecule has 0 aliphatic heterocycles. The van der Waals surface area contributed by atoms with Crippen LogP contribution in [0.15, 0.2) is 29.2 Å². The number of carbonyl (C=O) groups excluding carboxylic acids is 1. The quantitative estimate of drug-likeness (QED) is 0.546. The van der Waals surface area contributed by atoms with Crippen LogP contribution in [0.25, 0.3) is 5.78 Å². The molecule has 2 heterocycles. The van der Waals surface area contributed by atoms with Crippen LogP contribution in [0.5, 0.6) is 0 Å². The van der Waals surface area contributed by atoms with Gasteiger partial charge in [0.25, 0.3) is 11.6 Å². The van der Waals surface area contributed by atoms with E-state index in [1.54, 1.807) is 0 Å². The molecule has 0 aliphatic carbocycles. The first-order chi connectivity index (χ1) is 14.8. The number of hydrogen-bond acceptors (Lipinski definition) is 6. The fraction of sp³-hybridized carbons (Fsp3) is 0.333. The van der Waals surface area contributed by atoms with Gasteiger partial charge in [0.15, 0.2) is 0 Å². The smallest absolute Gasteiger partial charge is 0.325 e. The number of fused-ring (bicyclic) bond motifs is 1. The number of alkyl halides is 5. The summed E-state index contributed by atoms with van der Waals surface area (Å²) in [5.74, 6) is -5.94. The SMILES string of the molecule is Cc1nc2nc(C(F)(F)F)nn2c(C)c1CCC(=O)Nc1ccccc1S(=O)(=O)C(F)F. The zero-order valence-corrected chi connectivity index (χ0v) is 17.4. The van der Waals surface area contributed by atoms with Crippen molar-refractivity contribution in [2.24, 2.45) is 0 Å². The molecule has 8 nitrogen and oxygen atoms in total. The Morgan fingerprint density at radius 1 is 1.16 bits per heavy atom. The summed E-state index contributed by atoms with van der Waals surface area (Å²) >= 11 is 0. The van der Waals surface area contributed by atoms with Gasteiger partial charge in [0.1, 0.15) is 0 Å². The Balaban J connectivity index is 1.82. The first-order valence-corrected chi connectivity index (χ1v) is 10.6. The van der Waals surface area contributed by atoms with Crippen molar-refractivity contribution in [3.05, 3.63) is 47.0 Å². The van der Waals surface area contributed by atoms with Crippen molar-refractivity contribution in [1.82, 2.24) is 19.6 Å². The van der Waals surface area contributed by atoms with Gasteiger partial charge >= 0.3 is 11.9 Å². The zero-order chi connectivity index (χ0) is 23.8. The summed E-state index contributed by atoms with van der Waals surface area (Å²) in [6, 6.07) is 4.73. The number of aromatic nitrogens is 4. The van der Waals surface area contributed by atoms with E-state index >= 15 is 0 Å². The summed E-state index contributed by atoms with van der Waals surface area (Å²) in [7, 11) is -4.94. The Kier molecular flexibility index (Phi) is 6.18. The van der Waals surface area contributed by atoms with E-state index in [1.165, 1.54) is 32.0 Å². The van der Waals surface area contributed by atoms with Crippen LogP contribution in [0, 0.1) is 13.8 Å². The number of aryl methyl sites for hydroxylation is 2. The molecular weight excluding hydrogens is 461 g/mol. The molecule has 32 heavy (non-hydrogen) atoms. The van der Waals surface area contributed by atoms with Crippen LogP contribution in [-0.4, -0.2) is 39.7 Å². The summed E-state index contributed by atoms with van der Waals surface area (Å²) in [6.45, 7) is 3.03. The third kappa shape index (κ3) is 4.54. The van der Waals surface area contributed by atoms with E-state index in [1.807, 2.05) is 0 Å². The van der Waals surface area contributed by atoms with Crippen LogP contribution in [0.1, 0.15) is 29.2 Å². The van der Waals surface area contributed by atoms with Crippen LogP contribution in [-0.2, 0) is 27.2 Å². The van der Waals surface area contributed by atoms with Crippen molar-refractivity contribution < 1.29 is 35.2 Å². The molecule has 3 rings (SSSR count). The Bertz CT molecular complexity index is 1290. The third-order valence-corrected chi connectivity index (χ3v) is 6.04. The monoisotopic (exact) mass is 477 g/mol. The van der Waals surface area contributed by atoms with Crippen molar-refractivity contribution >= 4 is 27.2 Å². The minimum Gasteiger partial charge on any atom is -0.325 e. The minimum absolute atomic E-state index is 0.0252. The van der Waals surface area contributed by atoms with E-state index in [9.17, 15) is 35.2 Å². The largest absolute Gasteiger partial charge is 0.453 e. The van der Waals surface area contributed by atoms with Gasteiger partial charge in [-0.1, -0.05) is 12.1 Å². The highest BCUT2D eigenvalue weighted by Crippen LogP contribution is 2.28. The number of nitrogens with one attached hydrogen (secondary N) is 1. The molecule has 0 saturated carbocycles. The lowest BCUT2D eigenvalue weighted by Gasteiger charge is -2.12. The van der Waals surface area contributed by atoms with Crippen molar-refractivity contribution in [3.8, 4) is 0 Å². The maximum absolute atomic E-state index is 12.9. The average Bonchev–Trinajstić information content (AvgIpc) is 3.12. The molecule has 0 radical (unpaired) electrons. The van der Waals surface area contributed by atoms with E-state index in [4.69, 9.17) is 0 Å². The molecule has 0 fully saturated rings. The number of para-hydroxylation sites is 1. The fourth-order valence-electron chi connectivity index (χ4n) is 3.06. The molecule has 2 aromatic heterocycles. The Morgan fingerprint density at radius 2 is 1.81 bits per heavy atom. The molecule has 0 aliphatic rings. The number of sulfone groups is 1. The number of amides is 1. The molecule has 0 unspecified atom stereocenters. The van der Waals surface area contributed by atoms with Crippen LogP contribution < -0.4 is 5.32 Å². The molecule has 0 atom stereocenters. The maximum Gasteiger partial charge on any atom is 0.453 e. The fourth-order valence-corrected chi connectivity index (χ4v) is 3.94. The van der Waals surface area contributed by atoms with Gasteiger partial charge in [0.2, 0.25) is 15.7 Å². The Labute approximate surface area is 178 Å². The molecule has 1 N–H and O–H groups in total. The summed E-state index contributed by atoms with van der Waals surface area (Å²) in [4.78, 5) is 19.0. The topological polar surface area (TPSA) is 106 Å². The number of hydrogen-bond donors (Lipinski definition) is 1. The van der Waals surface area contributed by atoms with Crippen LogP contribution in [0.3, 0.4) is 0 Å². The molecular formula is C18H16F5N5O3S. The van der Waals surface area contributed by atoms with Gasteiger partial charge in [-0.05, 0) is 38.0 Å². The summed E-state index contributed by atoms with van der Waals surface area (Å²) < 4.78 is 88.9. The van der Waals surface area contributed by atoms with Gasteiger partial charge in [-0.25, -0.2) is 17.9 Å². The molecule has 0 bridgehead atoms. The van der Waals surface area contributed by atoms with Crippen LogP contribution >= 0.6 is 0 Å². The van der Waals surface area contributed by atoms with Crippen molar-refractivity contribution in [2.75, 3.05) is 5.32 Å². The lowest BCUT2D eigenvalue weighted by molar-refractivity contribution is -0.144. The lowest BCUT2D eigenvalue weighted by Crippen LogP contribution is -2.18. The van der Waals surface area contributed by atoms with Crippen molar-refractivity contribution in [1.29, 1.82) is 0 Å². The molecule has 0 spiro atoms. The second-order valence-electron chi connectivity index (χ2n) is 6.76. The minimum atomic E-state index is -4.94. The molecule has 1 amide bonds. The zero-order valence-electron chi connectivity index (χ0n) is 16.6. The van der Waals surface area contributed by atoms with E-state index in [-0.39, 0.29) is 24.3 Å². The highest BCUT2D eigenvalue weighted by molar-refractivity contribution is 7.91. The highest BCUT2D eigenvalue weighted by Gasteiger charge is 2.37. The second kappa shape index (κ2) is 8.41. The van der Waals surface area contributed by atoms with E-state index in [0.717, 1.165) is 10.6 Å². The van der Waals surface area contributed by atoms with Crippen LogP contribution in [0.4, 0.5) is 27.6 Å². The van der Waals surface area contributed by atoms with Gasteiger partial charge in [-0.2, -0.15) is 26.9 Å². The first kappa shape index (κ1) is 23.5. The third-order valence-electron chi connectivity index (χ3n) is 4.61. The normalized spacial score (nSPS) is 12.5. The second-order valence-corrected chi connectivity index (χ2v) is 8.64. The number of carbonyl (C=O) groups is 1. The van der Waals surface area contributed by atoms with Gasteiger partial charge in [0.05, 0.1) is 10.6 Å². The van der Waals surface area contributed by atoms with Gasteiger partial charge in [0, 0.05) is 17.8 Å². The van der Waals surface area contributed by atoms with E-state index < -0.39 is 38.4 Å². The molecule has 14 heteroatoms. The number of nitrogens with zero attached hydrogens (tertiary/aromatic N) is 4. The summed E-state index contributed by atoms with van der Waals surface area (Å²) in [5, 5.41) is 5.70. The lowest BCUT2D eigenvalue weighted by atomic mass is 10.1. The highest BCUT2D eigenvalue weighted by atomic mass is 32.2. The van der Waals surface area contributed by atoms with Crippen molar-refractivity contribution in [2.45, 2.75) is 43.5 Å². The summed E-state index contributed by atoms with van der Waals surface area (Å²) in [6.07, 6.45) is -4.95. The predicted molar refractivity (Wildman–Crippen MR) is 102 cm³/mol. The van der Waals surface area contributed by atoms with Crippen molar-refractivity contribution in [3.63, 3.8) is 0 Å². The predicted octanol–water partition coefficient (Wildman–Crippen LogP) is 3.33. The molecule has 1 aromatic carbocycles. The summed E-state index contributed by atoms with van der Waals surface area (Å²) in [5.41, 5.74) is 0.777. The Morgan fingerprint density at radius 3 is 2.44 bits per heavy atom. The average molecular weight is 477 g/mol.